The normalized spacial score (nSPS) is 23.0. The molecule has 0 bridgehead atoms. The van der Waals surface area contributed by atoms with Crippen LogP contribution in [0.4, 0.5) is 18.0 Å². The molecular formula is C20H20F3N3O6. The Labute approximate surface area is 180 Å². The molecule has 0 aliphatic carbocycles. The van der Waals surface area contributed by atoms with Gasteiger partial charge in [-0.05, 0) is 29.8 Å². The maximum absolute atomic E-state index is 14.0. The first-order valence-corrected chi connectivity index (χ1v) is 9.19. The third kappa shape index (κ3) is 3.88. The SMILES string of the molecule is COc1cc(C2NC(=O)NC(O)(C(F)(F)F)C2C(=O)c2cccnc2)cc(OC)c1OC. The highest BCUT2D eigenvalue weighted by Gasteiger charge is 2.66. The summed E-state index contributed by atoms with van der Waals surface area (Å²) < 4.78 is 57.6. The summed E-state index contributed by atoms with van der Waals surface area (Å²) >= 11 is 0. The van der Waals surface area contributed by atoms with Crippen molar-refractivity contribution in [3.8, 4) is 17.2 Å². The molecule has 1 aliphatic heterocycles. The van der Waals surface area contributed by atoms with Gasteiger partial charge in [0.2, 0.25) is 11.5 Å². The molecule has 1 aromatic heterocycles. The number of nitrogens with zero attached hydrogens (tertiary/aromatic N) is 1. The van der Waals surface area contributed by atoms with Crippen molar-refractivity contribution in [2.75, 3.05) is 21.3 Å². The van der Waals surface area contributed by atoms with Gasteiger partial charge in [0.05, 0.1) is 27.4 Å². The number of ketones is 1. The van der Waals surface area contributed by atoms with Crippen LogP contribution in [0.15, 0.2) is 36.7 Å². The number of amides is 2. The van der Waals surface area contributed by atoms with Crippen molar-refractivity contribution in [3.05, 3.63) is 47.8 Å². The molecule has 3 unspecified atom stereocenters. The lowest BCUT2D eigenvalue weighted by molar-refractivity contribution is -0.287. The van der Waals surface area contributed by atoms with E-state index >= 15 is 0 Å². The predicted molar refractivity (Wildman–Crippen MR) is 104 cm³/mol. The van der Waals surface area contributed by atoms with Crippen molar-refractivity contribution < 1.29 is 42.1 Å². The molecule has 1 saturated heterocycles. The van der Waals surface area contributed by atoms with Crippen LogP contribution in [0.25, 0.3) is 0 Å². The van der Waals surface area contributed by atoms with Crippen molar-refractivity contribution in [2.24, 2.45) is 5.92 Å². The summed E-state index contributed by atoms with van der Waals surface area (Å²) in [6.45, 7) is 0. The van der Waals surface area contributed by atoms with Gasteiger partial charge in [-0.2, -0.15) is 13.2 Å². The number of aromatic nitrogens is 1. The molecule has 3 N–H and O–H groups in total. The van der Waals surface area contributed by atoms with E-state index in [4.69, 9.17) is 14.2 Å². The average Bonchev–Trinajstić information content (AvgIpc) is 2.76. The van der Waals surface area contributed by atoms with E-state index in [-0.39, 0.29) is 28.4 Å². The molecular weight excluding hydrogens is 435 g/mol. The largest absolute Gasteiger partial charge is 0.493 e. The van der Waals surface area contributed by atoms with Gasteiger partial charge in [-0.1, -0.05) is 0 Å². The van der Waals surface area contributed by atoms with Crippen LogP contribution in [0.2, 0.25) is 0 Å². The first-order chi connectivity index (χ1) is 15.1. The summed E-state index contributed by atoms with van der Waals surface area (Å²) in [5.74, 6) is -2.99. The quantitative estimate of drug-likeness (QED) is 0.572. The average molecular weight is 455 g/mol. The zero-order chi connectivity index (χ0) is 23.7. The predicted octanol–water partition coefficient (Wildman–Crippen LogP) is 2.21. The minimum atomic E-state index is -5.38. The number of alkyl halides is 3. The first kappa shape index (κ1) is 23.1. The molecule has 12 heteroatoms. The number of halogens is 3. The summed E-state index contributed by atoms with van der Waals surface area (Å²) in [6.07, 6.45) is -2.97. The number of carbonyl (C=O) groups excluding carboxylic acids is 2. The van der Waals surface area contributed by atoms with Gasteiger partial charge in [0.25, 0.3) is 0 Å². The van der Waals surface area contributed by atoms with Gasteiger partial charge in [0, 0.05) is 18.0 Å². The minimum Gasteiger partial charge on any atom is -0.493 e. The number of hydrogen-bond acceptors (Lipinski definition) is 7. The monoisotopic (exact) mass is 455 g/mol. The molecule has 1 fully saturated rings. The van der Waals surface area contributed by atoms with E-state index in [1.165, 1.54) is 57.1 Å². The van der Waals surface area contributed by atoms with Crippen LogP contribution in [-0.2, 0) is 0 Å². The second-order valence-electron chi connectivity index (χ2n) is 6.88. The number of aliphatic hydroxyl groups is 1. The number of hydrogen-bond donors (Lipinski definition) is 3. The number of methoxy groups -OCH3 is 3. The Morgan fingerprint density at radius 3 is 2.25 bits per heavy atom. The van der Waals surface area contributed by atoms with E-state index in [0.29, 0.717) is 0 Å². The molecule has 0 radical (unpaired) electrons. The molecule has 32 heavy (non-hydrogen) atoms. The van der Waals surface area contributed by atoms with E-state index in [9.17, 15) is 27.9 Å². The summed E-state index contributed by atoms with van der Waals surface area (Å²) in [7, 11) is 3.93. The molecule has 172 valence electrons. The number of carbonyl (C=O) groups is 2. The summed E-state index contributed by atoms with van der Waals surface area (Å²) in [6, 6.07) is 2.27. The van der Waals surface area contributed by atoms with Gasteiger partial charge in [0.1, 0.15) is 5.92 Å². The van der Waals surface area contributed by atoms with E-state index in [2.05, 4.69) is 10.3 Å². The fourth-order valence-electron chi connectivity index (χ4n) is 3.59. The van der Waals surface area contributed by atoms with E-state index < -0.39 is 35.7 Å². The van der Waals surface area contributed by atoms with Crippen LogP contribution >= 0.6 is 0 Å². The highest BCUT2D eigenvalue weighted by Crippen LogP contribution is 2.47. The molecule has 1 aliphatic rings. The molecule has 0 saturated carbocycles. The van der Waals surface area contributed by atoms with Crippen LogP contribution in [-0.4, -0.2) is 55.1 Å². The lowest BCUT2D eigenvalue weighted by Gasteiger charge is -2.45. The fourth-order valence-corrected chi connectivity index (χ4v) is 3.59. The maximum atomic E-state index is 14.0. The fraction of sp³-hybridized carbons (Fsp3) is 0.350. The smallest absolute Gasteiger partial charge is 0.437 e. The topological polar surface area (TPSA) is 119 Å². The molecule has 2 heterocycles. The van der Waals surface area contributed by atoms with Crippen LogP contribution in [0.3, 0.4) is 0 Å². The number of Topliss-reactive ketones (excluding diaryl/α,β-unsaturated/α-hetero) is 1. The standard InChI is InChI=1S/C20H20F3N3O6/c1-30-12-7-11(8-13(31-2)17(12)32-3)15-14(16(27)10-5-4-6-24-9-10)19(29,20(21,22)23)26-18(28)25-15/h4-9,14-15,29H,1-3H3,(H2,25,26,28). The molecule has 3 atom stereocenters. The lowest BCUT2D eigenvalue weighted by atomic mass is 9.77. The van der Waals surface area contributed by atoms with Gasteiger partial charge in [-0.15, -0.1) is 0 Å². The van der Waals surface area contributed by atoms with Crippen molar-refractivity contribution in [1.82, 2.24) is 15.6 Å². The Bertz CT molecular complexity index is 992. The van der Waals surface area contributed by atoms with Crippen molar-refractivity contribution in [3.63, 3.8) is 0 Å². The number of nitrogens with one attached hydrogen (secondary N) is 2. The van der Waals surface area contributed by atoms with Crippen LogP contribution in [0.5, 0.6) is 17.2 Å². The molecule has 3 rings (SSSR count). The third-order valence-electron chi connectivity index (χ3n) is 5.08. The third-order valence-corrected chi connectivity index (χ3v) is 5.08. The second kappa shape index (κ2) is 8.54. The van der Waals surface area contributed by atoms with Gasteiger partial charge in [-0.3, -0.25) is 9.78 Å². The maximum Gasteiger partial charge on any atom is 0.437 e. The number of pyridine rings is 1. The summed E-state index contributed by atoms with van der Waals surface area (Å²) in [4.78, 5) is 29.1. The van der Waals surface area contributed by atoms with Gasteiger partial charge >= 0.3 is 12.2 Å². The molecule has 1 aromatic carbocycles. The van der Waals surface area contributed by atoms with Gasteiger partial charge < -0.3 is 30.0 Å². The highest BCUT2D eigenvalue weighted by molar-refractivity contribution is 6.00. The van der Waals surface area contributed by atoms with E-state index in [0.717, 1.165) is 6.20 Å². The van der Waals surface area contributed by atoms with Gasteiger partial charge in [0.15, 0.2) is 17.3 Å². The molecule has 2 aromatic rings. The zero-order valence-corrected chi connectivity index (χ0v) is 17.2. The summed E-state index contributed by atoms with van der Waals surface area (Å²) in [5, 5.41) is 14.4. The van der Waals surface area contributed by atoms with Crippen LogP contribution in [0, 0.1) is 5.92 Å². The number of rotatable bonds is 6. The minimum absolute atomic E-state index is 0.0132. The number of urea groups is 1. The highest BCUT2D eigenvalue weighted by atomic mass is 19.4. The summed E-state index contributed by atoms with van der Waals surface area (Å²) in [5.41, 5.74) is -4.04. The van der Waals surface area contributed by atoms with Gasteiger partial charge in [-0.25, -0.2) is 4.79 Å². The van der Waals surface area contributed by atoms with Crippen molar-refractivity contribution in [2.45, 2.75) is 17.9 Å². The Morgan fingerprint density at radius 1 is 1.16 bits per heavy atom. The molecule has 0 spiro atoms. The molecule has 2 amide bonds. The van der Waals surface area contributed by atoms with Crippen LogP contribution < -0.4 is 24.8 Å². The van der Waals surface area contributed by atoms with Crippen molar-refractivity contribution >= 4 is 11.8 Å². The lowest BCUT2D eigenvalue weighted by Crippen LogP contribution is -2.72. The Morgan fingerprint density at radius 2 is 1.78 bits per heavy atom. The zero-order valence-electron chi connectivity index (χ0n) is 17.2. The van der Waals surface area contributed by atoms with Crippen LogP contribution in [0.1, 0.15) is 22.0 Å². The Hall–Kier alpha value is -3.54. The Balaban J connectivity index is 2.24. The van der Waals surface area contributed by atoms with E-state index in [1.807, 2.05) is 0 Å². The Kier molecular flexibility index (Phi) is 6.17. The van der Waals surface area contributed by atoms with Crippen molar-refractivity contribution in [1.29, 1.82) is 0 Å². The first-order valence-electron chi connectivity index (χ1n) is 9.19. The number of benzene rings is 1. The molecule has 9 nitrogen and oxygen atoms in total. The second-order valence-corrected chi connectivity index (χ2v) is 6.88. The number of ether oxygens (including phenoxy) is 3. The van der Waals surface area contributed by atoms with E-state index in [1.54, 1.807) is 0 Å².